The molecule has 1 amide bonds. The van der Waals surface area contributed by atoms with Gasteiger partial charge in [0.25, 0.3) is 0 Å². The molecular weight excluding hydrogens is 1140 g/mol. The first-order valence-corrected chi connectivity index (χ1v) is 42.4. The molecule has 0 heterocycles. The van der Waals surface area contributed by atoms with Crippen LogP contribution < -0.4 is 5.32 Å². The maximum absolute atomic E-state index is 12.6. The highest BCUT2D eigenvalue weighted by Gasteiger charge is 2.18. The Kier molecular flexibility index (Phi) is 80.3. The zero-order valence-electron chi connectivity index (χ0n) is 63.0. The van der Waals surface area contributed by atoms with Gasteiger partial charge in [-0.3, -0.25) is 9.59 Å². The highest BCUT2D eigenvalue weighted by Crippen LogP contribution is 2.20. The molecule has 0 aromatic heterocycles. The molecule has 0 aliphatic heterocycles. The summed E-state index contributed by atoms with van der Waals surface area (Å²) >= 11 is 0. The molecule has 0 spiro atoms. The number of hydrogen-bond donors (Lipinski definition) is 3. The number of esters is 1. The molecule has 6 heteroatoms. The quantitative estimate of drug-likeness (QED) is 0.0320. The summed E-state index contributed by atoms with van der Waals surface area (Å²) in [5.74, 6) is -0.0492. The third-order valence-electron chi connectivity index (χ3n) is 19.8. The average molecular weight is 1310 g/mol. The predicted molar refractivity (Wildman–Crippen MR) is 412 cm³/mol. The Morgan fingerprint density at radius 3 is 0.849 bits per heavy atom. The lowest BCUT2D eigenvalue weighted by Crippen LogP contribution is -2.45. The van der Waals surface area contributed by atoms with E-state index < -0.39 is 12.1 Å². The van der Waals surface area contributed by atoms with E-state index in [2.05, 4.69) is 55.6 Å². The molecule has 93 heavy (non-hydrogen) atoms. The Bertz CT molecular complexity index is 1550. The molecule has 0 fully saturated rings. The molecule has 0 rings (SSSR count). The van der Waals surface area contributed by atoms with E-state index in [1.54, 1.807) is 6.08 Å². The van der Waals surface area contributed by atoms with E-state index in [4.69, 9.17) is 4.74 Å². The van der Waals surface area contributed by atoms with Crippen LogP contribution in [0, 0.1) is 0 Å². The molecule has 3 N–H and O–H groups in total. The molecule has 548 valence electrons. The summed E-state index contributed by atoms with van der Waals surface area (Å²) in [5, 5.41) is 23.3. The number of unbranched alkanes of at least 4 members (excludes halogenated alkanes) is 63. The van der Waals surface area contributed by atoms with Crippen LogP contribution in [-0.4, -0.2) is 47.4 Å². The molecule has 0 saturated heterocycles. The molecule has 2 unspecified atom stereocenters. The highest BCUT2D eigenvalue weighted by molar-refractivity contribution is 5.76. The lowest BCUT2D eigenvalue weighted by Gasteiger charge is -2.20. The average Bonchev–Trinajstić information content (AvgIpc) is 3.66. The van der Waals surface area contributed by atoms with Gasteiger partial charge in [-0.1, -0.05) is 416 Å². The largest absolute Gasteiger partial charge is 0.466 e. The lowest BCUT2D eigenvalue weighted by atomic mass is 10.0. The number of nitrogens with one attached hydrogen (secondary N) is 1. The second kappa shape index (κ2) is 82.2. The highest BCUT2D eigenvalue weighted by atomic mass is 16.5. The maximum atomic E-state index is 12.6. The van der Waals surface area contributed by atoms with Gasteiger partial charge in [0.05, 0.1) is 25.4 Å². The second-order valence-corrected chi connectivity index (χ2v) is 29.2. The van der Waals surface area contributed by atoms with Gasteiger partial charge in [0.1, 0.15) is 0 Å². The fourth-order valence-electron chi connectivity index (χ4n) is 13.4. The molecule has 0 radical (unpaired) electrons. The van der Waals surface area contributed by atoms with Crippen LogP contribution in [0.1, 0.15) is 470 Å². The van der Waals surface area contributed by atoms with E-state index >= 15 is 0 Å². The van der Waals surface area contributed by atoms with Crippen molar-refractivity contribution in [2.24, 2.45) is 0 Å². The van der Waals surface area contributed by atoms with Crippen LogP contribution in [0.4, 0.5) is 0 Å². The van der Waals surface area contributed by atoms with Crippen LogP contribution in [0.3, 0.4) is 0 Å². The Morgan fingerprint density at radius 2 is 0.538 bits per heavy atom. The first-order valence-electron chi connectivity index (χ1n) is 42.4. The van der Waals surface area contributed by atoms with E-state index in [0.29, 0.717) is 19.4 Å². The number of ether oxygens (including phenoxy) is 1. The van der Waals surface area contributed by atoms with E-state index in [-0.39, 0.29) is 18.5 Å². The number of aliphatic hydroxyl groups excluding tert-OH is 2. The third kappa shape index (κ3) is 78.7. The first-order chi connectivity index (χ1) is 46.0. The fraction of sp³-hybridized carbons (Fsp3) is 0.885. The Hall–Kier alpha value is -2.18. The van der Waals surface area contributed by atoms with Crippen molar-refractivity contribution < 1.29 is 24.5 Å². The molecular formula is C87H165NO5. The van der Waals surface area contributed by atoms with Crippen molar-refractivity contribution in [3.05, 3.63) is 48.6 Å². The van der Waals surface area contributed by atoms with Gasteiger partial charge in [0.2, 0.25) is 5.91 Å². The van der Waals surface area contributed by atoms with Crippen LogP contribution in [0.25, 0.3) is 0 Å². The summed E-state index contributed by atoms with van der Waals surface area (Å²) in [4.78, 5) is 24.6. The zero-order valence-corrected chi connectivity index (χ0v) is 63.0. The second-order valence-electron chi connectivity index (χ2n) is 29.2. The molecule has 0 bridgehead atoms. The van der Waals surface area contributed by atoms with Crippen LogP contribution in [0.2, 0.25) is 0 Å². The van der Waals surface area contributed by atoms with E-state index in [1.807, 2.05) is 6.08 Å². The lowest BCUT2D eigenvalue weighted by molar-refractivity contribution is -0.143. The number of amides is 1. The molecule has 0 aromatic carbocycles. The Labute approximate surface area is 582 Å². The SMILES string of the molecule is CCCCC/C=C\CCCCCCCC(=O)OCCCCCCCCCCCCCCCCC/C=C\C/C=C\CCCCCCCCCCCCCCCCCCCC(=O)NC(CO)C(O)/C=C/CCCCCCCCCCCCCCCCCCCCCCCCC. The Morgan fingerprint density at radius 1 is 0.301 bits per heavy atom. The summed E-state index contributed by atoms with van der Waals surface area (Å²) in [5.41, 5.74) is 0. The predicted octanol–water partition coefficient (Wildman–Crippen LogP) is 28.3. The maximum Gasteiger partial charge on any atom is 0.305 e. The van der Waals surface area contributed by atoms with Crippen LogP contribution in [0.15, 0.2) is 48.6 Å². The fourth-order valence-corrected chi connectivity index (χ4v) is 13.4. The zero-order chi connectivity index (χ0) is 67.0. The first kappa shape index (κ1) is 90.8. The van der Waals surface area contributed by atoms with Crippen molar-refractivity contribution in [2.75, 3.05) is 13.2 Å². The van der Waals surface area contributed by atoms with Crippen LogP contribution in [0.5, 0.6) is 0 Å². The minimum atomic E-state index is -0.845. The number of aliphatic hydroxyl groups is 2. The number of carbonyl (C=O) groups is 2. The van der Waals surface area contributed by atoms with Crippen molar-refractivity contribution in [1.29, 1.82) is 0 Å². The van der Waals surface area contributed by atoms with Crippen molar-refractivity contribution in [3.8, 4) is 0 Å². The summed E-state index contributed by atoms with van der Waals surface area (Å²) < 4.78 is 5.48. The Balaban J connectivity index is 3.38. The topological polar surface area (TPSA) is 95.9 Å². The number of carbonyl (C=O) groups excluding carboxylic acids is 2. The van der Waals surface area contributed by atoms with Gasteiger partial charge < -0.3 is 20.3 Å². The molecule has 0 aliphatic carbocycles. The standard InChI is InChI=1S/C87H165NO5/c1-3-5-7-9-11-13-15-17-18-19-20-21-22-38-41-44-47-50-53-56-59-63-67-71-75-79-85(90)84(83-89)88-86(91)80-76-72-68-64-60-57-54-51-48-45-42-39-36-34-32-30-28-26-24-23-25-27-29-31-33-35-37-40-43-46-49-52-55-58-62-66-70-74-78-82-93-87(92)81-77-73-69-65-61-16-14-12-10-8-6-4-2/h12,14,23-24,27,29,75,79,84-85,89-90H,3-11,13,15-22,25-26,28,30-74,76-78,80-83H2,1-2H3,(H,88,91)/b14-12-,24-23-,29-27-,79-75+. The van der Waals surface area contributed by atoms with Crippen LogP contribution in [-0.2, 0) is 14.3 Å². The third-order valence-corrected chi connectivity index (χ3v) is 19.8. The van der Waals surface area contributed by atoms with Crippen molar-refractivity contribution >= 4 is 11.9 Å². The number of hydrogen-bond acceptors (Lipinski definition) is 5. The van der Waals surface area contributed by atoms with Gasteiger partial charge >= 0.3 is 5.97 Å². The van der Waals surface area contributed by atoms with Gasteiger partial charge in [-0.15, -0.1) is 0 Å². The number of rotatable bonds is 80. The van der Waals surface area contributed by atoms with Gasteiger partial charge in [0.15, 0.2) is 0 Å². The van der Waals surface area contributed by atoms with E-state index in [0.717, 1.165) is 51.4 Å². The van der Waals surface area contributed by atoms with E-state index in [1.165, 1.54) is 392 Å². The molecule has 2 atom stereocenters. The van der Waals surface area contributed by atoms with Crippen molar-refractivity contribution in [3.63, 3.8) is 0 Å². The minimum absolute atomic E-state index is 0.0105. The van der Waals surface area contributed by atoms with Crippen molar-refractivity contribution in [2.45, 2.75) is 482 Å². The summed E-state index contributed by atoms with van der Waals surface area (Å²) in [6, 6.07) is -0.628. The molecule has 6 nitrogen and oxygen atoms in total. The monoisotopic (exact) mass is 1300 g/mol. The summed E-state index contributed by atoms with van der Waals surface area (Å²) in [6.45, 7) is 4.93. The van der Waals surface area contributed by atoms with Crippen LogP contribution >= 0.6 is 0 Å². The summed E-state index contributed by atoms with van der Waals surface area (Å²) in [7, 11) is 0. The van der Waals surface area contributed by atoms with Gasteiger partial charge in [0, 0.05) is 12.8 Å². The molecule has 0 aliphatic rings. The number of allylic oxidation sites excluding steroid dienone is 7. The smallest absolute Gasteiger partial charge is 0.305 e. The molecule has 0 saturated carbocycles. The van der Waals surface area contributed by atoms with Crippen molar-refractivity contribution in [1.82, 2.24) is 5.32 Å². The molecule has 0 aromatic rings. The minimum Gasteiger partial charge on any atom is -0.466 e. The van der Waals surface area contributed by atoms with Gasteiger partial charge in [-0.05, 0) is 89.9 Å². The van der Waals surface area contributed by atoms with Gasteiger partial charge in [-0.25, -0.2) is 0 Å². The van der Waals surface area contributed by atoms with E-state index in [9.17, 15) is 19.8 Å². The normalized spacial score (nSPS) is 12.7. The summed E-state index contributed by atoms with van der Waals surface area (Å²) in [6.07, 6.45) is 110. The van der Waals surface area contributed by atoms with Gasteiger partial charge in [-0.2, -0.15) is 0 Å².